The molecular formula is C23H27F3N2O2. The third kappa shape index (κ3) is 4.63. The van der Waals surface area contributed by atoms with E-state index in [0.717, 1.165) is 55.0 Å². The van der Waals surface area contributed by atoms with E-state index in [1.165, 1.54) is 12.1 Å². The van der Waals surface area contributed by atoms with Crippen molar-refractivity contribution < 1.29 is 22.6 Å². The minimum Gasteiger partial charge on any atom is -0.489 e. The maximum Gasteiger partial charge on any atom is 0.346 e. The van der Waals surface area contributed by atoms with Gasteiger partial charge in [0.15, 0.2) is 0 Å². The van der Waals surface area contributed by atoms with Crippen molar-refractivity contribution in [1.29, 1.82) is 0 Å². The molecule has 4 rings (SSSR count). The van der Waals surface area contributed by atoms with Crippen molar-refractivity contribution in [1.82, 2.24) is 9.80 Å². The number of hydrogen-bond donors (Lipinski definition) is 0. The largest absolute Gasteiger partial charge is 0.489 e. The van der Waals surface area contributed by atoms with Crippen LogP contribution in [0.2, 0.25) is 0 Å². The fourth-order valence-electron chi connectivity index (χ4n) is 4.33. The Balaban J connectivity index is 1.70. The molecule has 2 aliphatic heterocycles. The lowest BCUT2D eigenvalue weighted by Crippen LogP contribution is -2.45. The van der Waals surface area contributed by atoms with Crippen molar-refractivity contribution in [2.24, 2.45) is 0 Å². The van der Waals surface area contributed by atoms with Gasteiger partial charge in [0.05, 0.1) is 5.60 Å². The smallest absolute Gasteiger partial charge is 0.346 e. The number of likely N-dealkylation sites (N-methyl/N-ethyl adjacent to an activating group) is 1. The van der Waals surface area contributed by atoms with Crippen LogP contribution in [0.15, 0.2) is 53.3 Å². The molecule has 2 heterocycles. The summed E-state index contributed by atoms with van der Waals surface area (Å²) in [6, 6.07) is 6.35. The van der Waals surface area contributed by atoms with Gasteiger partial charge in [-0.15, -0.1) is 0 Å². The molecule has 7 heteroatoms. The van der Waals surface area contributed by atoms with Gasteiger partial charge >= 0.3 is 6.61 Å². The lowest BCUT2D eigenvalue weighted by atomic mass is 9.81. The fraction of sp³-hybridized carbons (Fsp3) is 0.478. The average molecular weight is 420 g/mol. The van der Waals surface area contributed by atoms with Gasteiger partial charge in [0.25, 0.3) is 0 Å². The van der Waals surface area contributed by atoms with E-state index in [2.05, 4.69) is 16.8 Å². The molecule has 0 aromatic heterocycles. The highest BCUT2D eigenvalue weighted by molar-refractivity contribution is 5.84. The van der Waals surface area contributed by atoms with Crippen LogP contribution in [0.1, 0.15) is 18.9 Å². The highest BCUT2D eigenvalue weighted by Gasteiger charge is 2.36. The summed E-state index contributed by atoms with van der Waals surface area (Å²) in [6.45, 7) is 3.84. The molecule has 1 atom stereocenters. The first-order valence-electron chi connectivity index (χ1n) is 10.2. The van der Waals surface area contributed by atoms with Gasteiger partial charge in [-0.1, -0.05) is 12.1 Å². The summed E-state index contributed by atoms with van der Waals surface area (Å²) in [6.07, 6.45) is 3.62. The Hall–Kier alpha value is -2.09. The number of halogens is 3. The predicted molar refractivity (Wildman–Crippen MR) is 109 cm³/mol. The van der Waals surface area contributed by atoms with Gasteiger partial charge in [-0.2, -0.15) is 8.78 Å². The third-order valence-corrected chi connectivity index (χ3v) is 5.97. The van der Waals surface area contributed by atoms with Crippen molar-refractivity contribution in [3.8, 4) is 0 Å². The minimum absolute atomic E-state index is 0.266. The molecule has 1 aliphatic carbocycles. The van der Waals surface area contributed by atoms with Crippen LogP contribution in [-0.2, 0) is 9.47 Å². The average Bonchev–Trinajstić information content (AvgIpc) is 2.69. The first-order chi connectivity index (χ1) is 14.3. The topological polar surface area (TPSA) is 24.9 Å². The fourth-order valence-corrected chi connectivity index (χ4v) is 4.33. The molecule has 0 spiro atoms. The molecule has 162 valence electrons. The van der Waals surface area contributed by atoms with Crippen LogP contribution in [0.4, 0.5) is 13.2 Å². The van der Waals surface area contributed by atoms with Crippen LogP contribution < -0.4 is 0 Å². The van der Waals surface area contributed by atoms with Gasteiger partial charge in [0.1, 0.15) is 18.2 Å². The van der Waals surface area contributed by atoms with Crippen molar-refractivity contribution in [2.75, 3.05) is 46.4 Å². The lowest BCUT2D eigenvalue weighted by Gasteiger charge is -2.38. The minimum atomic E-state index is -2.87. The number of alkyl halides is 2. The molecule has 1 unspecified atom stereocenters. The van der Waals surface area contributed by atoms with Gasteiger partial charge in [0, 0.05) is 44.7 Å². The van der Waals surface area contributed by atoms with Crippen LogP contribution in [0.3, 0.4) is 0 Å². The lowest BCUT2D eigenvalue weighted by molar-refractivity contribution is -0.185. The first-order valence-corrected chi connectivity index (χ1v) is 10.2. The maximum atomic E-state index is 13.6. The molecule has 0 N–H and O–H groups in total. The quantitative estimate of drug-likeness (QED) is 0.717. The molecule has 3 aliphatic rings. The third-order valence-electron chi connectivity index (χ3n) is 5.97. The van der Waals surface area contributed by atoms with Gasteiger partial charge in [0.2, 0.25) is 0 Å². The van der Waals surface area contributed by atoms with E-state index >= 15 is 0 Å². The monoisotopic (exact) mass is 420 g/mol. The zero-order chi connectivity index (χ0) is 21.3. The highest BCUT2D eigenvalue weighted by Crippen LogP contribution is 2.43. The molecule has 1 aromatic rings. The molecule has 0 radical (unpaired) electrons. The first kappa shape index (κ1) is 21.2. The molecule has 1 aromatic carbocycles. The summed E-state index contributed by atoms with van der Waals surface area (Å²) < 4.78 is 50.5. The van der Waals surface area contributed by atoms with E-state index in [1.54, 1.807) is 31.2 Å². The van der Waals surface area contributed by atoms with Crippen LogP contribution >= 0.6 is 0 Å². The Morgan fingerprint density at radius 1 is 1.13 bits per heavy atom. The van der Waals surface area contributed by atoms with Crippen molar-refractivity contribution in [3.05, 3.63) is 64.7 Å². The van der Waals surface area contributed by atoms with E-state index in [4.69, 9.17) is 9.47 Å². The Morgan fingerprint density at radius 3 is 2.50 bits per heavy atom. The summed E-state index contributed by atoms with van der Waals surface area (Å²) in [5, 5.41) is 0. The van der Waals surface area contributed by atoms with E-state index < -0.39 is 12.2 Å². The summed E-state index contributed by atoms with van der Waals surface area (Å²) in [7, 11) is 2.11. The highest BCUT2D eigenvalue weighted by atomic mass is 19.3. The number of benzene rings is 1. The van der Waals surface area contributed by atoms with Crippen molar-refractivity contribution in [2.45, 2.75) is 25.6 Å². The van der Waals surface area contributed by atoms with Crippen molar-refractivity contribution in [3.63, 3.8) is 0 Å². The zero-order valence-electron chi connectivity index (χ0n) is 17.3. The van der Waals surface area contributed by atoms with E-state index in [-0.39, 0.29) is 12.2 Å². The van der Waals surface area contributed by atoms with Crippen molar-refractivity contribution >= 4 is 5.57 Å². The Bertz CT molecular complexity index is 871. The Kier molecular flexibility index (Phi) is 6.04. The van der Waals surface area contributed by atoms with Gasteiger partial charge in [-0.25, -0.2) is 4.39 Å². The van der Waals surface area contributed by atoms with E-state index in [9.17, 15) is 13.2 Å². The summed E-state index contributed by atoms with van der Waals surface area (Å²) in [5.41, 5.74) is 2.62. The molecule has 0 bridgehead atoms. The molecule has 4 nitrogen and oxygen atoms in total. The van der Waals surface area contributed by atoms with Crippen LogP contribution in [0.25, 0.3) is 5.57 Å². The summed E-state index contributed by atoms with van der Waals surface area (Å²) in [4.78, 5) is 4.67. The zero-order valence-corrected chi connectivity index (χ0v) is 17.3. The number of nitrogens with zero attached hydrogens (tertiary/aromatic N) is 2. The number of hydrogen-bond acceptors (Lipinski definition) is 4. The SMILES string of the molecule is CN1CCN(CC2=C(c3ccc(F)cc3)C3=C(C=CC(C)(OC(F)F)C3)OC2)CC1. The van der Waals surface area contributed by atoms with Crippen LogP contribution in [-0.4, -0.2) is 68.4 Å². The van der Waals surface area contributed by atoms with Crippen LogP contribution in [0, 0.1) is 5.82 Å². The molecule has 1 saturated heterocycles. The maximum absolute atomic E-state index is 13.6. The molecule has 0 saturated carbocycles. The summed E-state index contributed by atoms with van der Waals surface area (Å²) in [5.74, 6) is 0.363. The Morgan fingerprint density at radius 2 is 1.83 bits per heavy atom. The van der Waals surface area contributed by atoms with E-state index in [0.29, 0.717) is 12.4 Å². The van der Waals surface area contributed by atoms with Gasteiger partial charge < -0.3 is 14.4 Å². The number of piperazine rings is 1. The second kappa shape index (κ2) is 8.57. The summed E-state index contributed by atoms with van der Waals surface area (Å²) >= 11 is 0. The number of rotatable bonds is 5. The normalized spacial score (nSPS) is 25.7. The molecule has 0 amide bonds. The molecule has 1 fully saturated rings. The van der Waals surface area contributed by atoms with E-state index in [1.807, 2.05) is 0 Å². The molecular weight excluding hydrogens is 393 g/mol. The van der Waals surface area contributed by atoms with Gasteiger partial charge in [-0.3, -0.25) is 4.90 Å². The second-order valence-electron chi connectivity index (χ2n) is 8.40. The van der Waals surface area contributed by atoms with Crippen LogP contribution in [0.5, 0.6) is 0 Å². The van der Waals surface area contributed by atoms with Gasteiger partial charge in [-0.05, 0) is 55.0 Å². The standard InChI is InChI=1S/C23H27F3N2O2/c1-23(30-22(25)26)8-7-20-19(13-23)21(16-3-5-18(24)6-4-16)17(15-29-20)14-28-11-9-27(2)10-12-28/h3-8,22H,9-15H2,1-2H3. The Labute approximate surface area is 175 Å². The second-order valence-corrected chi connectivity index (χ2v) is 8.40. The number of ether oxygens (including phenoxy) is 2. The predicted octanol–water partition coefficient (Wildman–Crippen LogP) is 4.07. The molecule has 30 heavy (non-hydrogen) atoms. The number of allylic oxidation sites excluding steroid dienone is 2.